The predicted octanol–water partition coefficient (Wildman–Crippen LogP) is 4.75. The maximum absolute atomic E-state index is 3.57. The number of nitrogens with one attached hydrogen (secondary N) is 1. The molecule has 20 heavy (non-hydrogen) atoms. The van der Waals surface area contributed by atoms with Gasteiger partial charge in [-0.1, -0.05) is 48.3 Å². The van der Waals surface area contributed by atoms with Crippen molar-refractivity contribution in [3.05, 3.63) is 58.3 Å². The minimum absolute atomic E-state index is 0.480. The zero-order chi connectivity index (χ0) is 14.4. The van der Waals surface area contributed by atoms with Gasteiger partial charge in [0.15, 0.2) is 0 Å². The summed E-state index contributed by atoms with van der Waals surface area (Å²) in [6.07, 6.45) is 6.84. The molecule has 1 aromatic heterocycles. The second-order valence-electron chi connectivity index (χ2n) is 5.15. The van der Waals surface area contributed by atoms with Gasteiger partial charge in [0.25, 0.3) is 0 Å². The number of nitrogens with zero attached hydrogens (tertiary/aromatic N) is 1. The van der Waals surface area contributed by atoms with Crippen LogP contribution in [0.4, 0.5) is 0 Å². The van der Waals surface area contributed by atoms with Crippen LogP contribution in [0, 0.1) is 0 Å². The van der Waals surface area contributed by atoms with Crippen molar-refractivity contribution < 1.29 is 0 Å². The van der Waals surface area contributed by atoms with Crippen LogP contribution in [0.15, 0.2) is 47.2 Å². The minimum Gasteiger partial charge on any atom is -0.350 e. The lowest BCUT2D eigenvalue weighted by Crippen LogP contribution is -2.20. The zero-order valence-corrected chi connectivity index (χ0v) is 13.9. The summed E-state index contributed by atoms with van der Waals surface area (Å²) < 4.78 is 3.40. The fourth-order valence-electron chi connectivity index (χ4n) is 2.53. The molecule has 0 saturated carbocycles. The Morgan fingerprint density at radius 2 is 2.10 bits per heavy atom. The third-order valence-corrected chi connectivity index (χ3v) is 3.95. The molecular weight excluding hydrogens is 312 g/mol. The first-order valence-electron chi connectivity index (χ1n) is 7.36. The molecule has 1 unspecified atom stereocenters. The van der Waals surface area contributed by atoms with E-state index in [1.54, 1.807) is 0 Å². The Kier molecular flexibility index (Phi) is 5.86. The highest BCUT2D eigenvalue weighted by Gasteiger charge is 2.10. The van der Waals surface area contributed by atoms with Gasteiger partial charge in [0.1, 0.15) is 0 Å². The third-order valence-electron chi connectivity index (χ3n) is 3.46. The van der Waals surface area contributed by atoms with Gasteiger partial charge in [0.05, 0.1) is 0 Å². The van der Waals surface area contributed by atoms with Crippen molar-refractivity contribution in [2.45, 2.75) is 39.3 Å². The van der Waals surface area contributed by atoms with Crippen LogP contribution in [0.2, 0.25) is 0 Å². The van der Waals surface area contributed by atoms with Crippen molar-refractivity contribution >= 4 is 15.9 Å². The van der Waals surface area contributed by atoms with E-state index in [2.05, 4.69) is 82.4 Å². The Morgan fingerprint density at radius 1 is 1.25 bits per heavy atom. The molecule has 1 atom stereocenters. The minimum atomic E-state index is 0.480. The van der Waals surface area contributed by atoms with E-state index in [0.29, 0.717) is 6.04 Å². The molecule has 0 aliphatic rings. The molecule has 2 aromatic rings. The fourth-order valence-corrected chi connectivity index (χ4v) is 2.98. The van der Waals surface area contributed by atoms with Gasteiger partial charge in [-0.3, -0.25) is 0 Å². The van der Waals surface area contributed by atoms with Gasteiger partial charge in [-0.25, -0.2) is 0 Å². The number of halogens is 1. The molecule has 1 aromatic carbocycles. The van der Waals surface area contributed by atoms with Crippen LogP contribution in [0.3, 0.4) is 0 Å². The molecule has 0 spiro atoms. The van der Waals surface area contributed by atoms with Crippen molar-refractivity contribution in [3.63, 3.8) is 0 Å². The van der Waals surface area contributed by atoms with E-state index >= 15 is 0 Å². The highest BCUT2D eigenvalue weighted by atomic mass is 79.9. The van der Waals surface area contributed by atoms with Gasteiger partial charge in [0, 0.05) is 29.5 Å². The summed E-state index contributed by atoms with van der Waals surface area (Å²) in [5, 5.41) is 3.57. The number of benzene rings is 1. The van der Waals surface area contributed by atoms with E-state index in [-0.39, 0.29) is 0 Å². The average Bonchev–Trinajstić information content (AvgIpc) is 2.87. The van der Waals surface area contributed by atoms with Gasteiger partial charge in [-0.05, 0) is 42.3 Å². The zero-order valence-electron chi connectivity index (χ0n) is 12.3. The molecule has 1 N–H and O–H groups in total. The number of aromatic nitrogens is 1. The smallest absolute Gasteiger partial charge is 0.0470 e. The molecule has 2 rings (SSSR count). The SMILES string of the molecule is CCCC(NCC)c1ccn(Cc2cccc(Br)c2)c1. The summed E-state index contributed by atoms with van der Waals surface area (Å²) in [5.41, 5.74) is 2.71. The van der Waals surface area contributed by atoms with E-state index in [1.807, 2.05) is 0 Å². The summed E-state index contributed by atoms with van der Waals surface area (Å²) in [6, 6.07) is 11.2. The Hall–Kier alpha value is -1.06. The monoisotopic (exact) mass is 334 g/mol. The van der Waals surface area contributed by atoms with Crippen LogP contribution in [-0.4, -0.2) is 11.1 Å². The van der Waals surface area contributed by atoms with Gasteiger partial charge >= 0.3 is 0 Å². The van der Waals surface area contributed by atoms with Gasteiger partial charge in [-0.15, -0.1) is 0 Å². The lowest BCUT2D eigenvalue weighted by atomic mass is 10.1. The summed E-state index contributed by atoms with van der Waals surface area (Å²) in [7, 11) is 0. The van der Waals surface area contributed by atoms with E-state index in [1.165, 1.54) is 24.0 Å². The molecule has 0 aliphatic heterocycles. The largest absolute Gasteiger partial charge is 0.350 e. The summed E-state index contributed by atoms with van der Waals surface area (Å²) in [6.45, 7) is 6.34. The number of hydrogen-bond acceptors (Lipinski definition) is 1. The van der Waals surface area contributed by atoms with E-state index < -0.39 is 0 Å². The number of hydrogen-bond donors (Lipinski definition) is 1. The predicted molar refractivity (Wildman–Crippen MR) is 89.0 cm³/mol. The summed E-state index contributed by atoms with van der Waals surface area (Å²) in [4.78, 5) is 0. The van der Waals surface area contributed by atoms with Crippen LogP contribution in [-0.2, 0) is 6.54 Å². The first-order valence-corrected chi connectivity index (χ1v) is 8.15. The quantitative estimate of drug-likeness (QED) is 0.773. The molecule has 0 saturated heterocycles. The van der Waals surface area contributed by atoms with Crippen LogP contribution in [0.5, 0.6) is 0 Å². The highest BCUT2D eigenvalue weighted by molar-refractivity contribution is 9.10. The Labute approximate surface area is 130 Å². The highest BCUT2D eigenvalue weighted by Crippen LogP contribution is 2.20. The Morgan fingerprint density at radius 3 is 2.80 bits per heavy atom. The van der Waals surface area contributed by atoms with Crippen LogP contribution in [0.25, 0.3) is 0 Å². The van der Waals surface area contributed by atoms with Gasteiger partial charge in [-0.2, -0.15) is 0 Å². The normalized spacial score (nSPS) is 12.6. The summed E-state index contributed by atoms with van der Waals surface area (Å²) in [5.74, 6) is 0. The molecule has 0 amide bonds. The van der Waals surface area contributed by atoms with Crippen molar-refractivity contribution in [1.29, 1.82) is 0 Å². The van der Waals surface area contributed by atoms with Crippen LogP contribution in [0.1, 0.15) is 43.9 Å². The lowest BCUT2D eigenvalue weighted by Gasteiger charge is -2.15. The molecule has 0 radical (unpaired) electrons. The van der Waals surface area contributed by atoms with Gasteiger partial charge < -0.3 is 9.88 Å². The first-order chi connectivity index (χ1) is 9.72. The first kappa shape index (κ1) is 15.3. The molecule has 108 valence electrons. The van der Waals surface area contributed by atoms with E-state index in [0.717, 1.165) is 17.6 Å². The number of rotatable bonds is 7. The molecule has 0 aliphatic carbocycles. The molecule has 0 fully saturated rings. The van der Waals surface area contributed by atoms with Gasteiger partial charge in [0.2, 0.25) is 0 Å². The van der Waals surface area contributed by atoms with Crippen molar-refractivity contribution in [2.75, 3.05) is 6.54 Å². The van der Waals surface area contributed by atoms with Crippen LogP contribution >= 0.6 is 15.9 Å². The Balaban J connectivity index is 2.07. The topological polar surface area (TPSA) is 17.0 Å². The third kappa shape index (κ3) is 4.22. The molecular formula is C17H23BrN2. The van der Waals surface area contributed by atoms with Crippen molar-refractivity contribution in [2.24, 2.45) is 0 Å². The lowest BCUT2D eigenvalue weighted by molar-refractivity contribution is 0.508. The standard InChI is InChI=1S/C17H23BrN2/c1-3-6-17(19-4-2)15-9-10-20(13-15)12-14-7-5-8-16(18)11-14/h5,7-11,13,17,19H,3-4,6,12H2,1-2H3. The fraction of sp³-hybridized carbons (Fsp3) is 0.412. The van der Waals surface area contributed by atoms with Crippen molar-refractivity contribution in [1.82, 2.24) is 9.88 Å². The molecule has 2 nitrogen and oxygen atoms in total. The second-order valence-corrected chi connectivity index (χ2v) is 6.06. The maximum atomic E-state index is 3.57. The van der Waals surface area contributed by atoms with Crippen LogP contribution < -0.4 is 5.32 Å². The average molecular weight is 335 g/mol. The molecule has 3 heteroatoms. The van der Waals surface area contributed by atoms with Crippen molar-refractivity contribution in [3.8, 4) is 0 Å². The maximum Gasteiger partial charge on any atom is 0.0470 e. The molecule has 1 heterocycles. The second kappa shape index (κ2) is 7.65. The summed E-state index contributed by atoms with van der Waals surface area (Å²) >= 11 is 3.53. The van der Waals surface area contributed by atoms with E-state index in [4.69, 9.17) is 0 Å². The Bertz CT molecular complexity index is 527. The molecule has 0 bridgehead atoms. The van der Waals surface area contributed by atoms with E-state index in [9.17, 15) is 0 Å².